The Morgan fingerprint density at radius 3 is 2.83 bits per heavy atom. The lowest BCUT2D eigenvalue weighted by Gasteiger charge is -2.02. The Balaban J connectivity index is 2.51. The van der Waals surface area contributed by atoms with Crippen molar-refractivity contribution < 1.29 is 0 Å². The van der Waals surface area contributed by atoms with Crippen molar-refractivity contribution in [3.8, 4) is 0 Å². The van der Waals surface area contributed by atoms with Gasteiger partial charge in [-0.25, -0.2) is 0 Å². The maximum atomic E-state index is 9.72. The van der Waals surface area contributed by atoms with Crippen molar-refractivity contribution in [2.24, 2.45) is 5.29 Å². The van der Waals surface area contributed by atoms with Crippen molar-refractivity contribution in [3.63, 3.8) is 0 Å². The first-order valence-corrected chi connectivity index (χ1v) is 3.94. The van der Waals surface area contributed by atoms with Crippen molar-refractivity contribution >= 4 is 0 Å². The first-order chi connectivity index (χ1) is 5.84. The average Bonchev–Trinajstić information content (AvgIpc) is 2.09. The molecule has 3 nitrogen and oxygen atoms in total. The molecule has 64 valence electrons. The summed E-state index contributed by atoms with van der Waals surface area (Å²) in [5.74, 6) is 0. The Morgan fingerprint density at radius 2 is 2.17 bits per heavy atom. The Kier molecular flexibility index (Phi) is 3.26. The summed E-state index contributed by atoms with van der Waals surface area (Å²) in [6.07, 6.45) is 0.846. The molecule has 0 aliphatic rings. The standard InChI is InChI=1S/C9H12N2O/c1-8-4-2-3-5-9(8)6-7-10-11-12/h2-5H,6-7H2,1H3,(H,10,12). The lowest BCUT2D eigenvalue weighted by Crippen LogP contribution is -2.09. The summed E-state index contributed by atoms with van der Waals surface area (Å²) in [7, 11) is 0. The van der Waals surface area contributed by atoms with Gasteiger partial charge in [-0.2, -0.15) is 0 Å². The normalized spacial score (nSPS) is 9.42. The molecule has 1 rings (SSSR count). The summed E-state index contributed by atoms with van der Waals surface area (Å²) < 4.78 is 0. The zero-order valence-corrected chi connectivity index (χ0v) is 7.08. The zero-order chi connectivity index (χ0) is 8.81. The molecule has 0 aromatic heterocycles. The smallest absolute Gasteiger partial charge is 0.0496 e. The van der Waals surface area contributed by atoms with Crippen LogP contribution in [0.15, 0.2) is 29.6 Å². The van der Waals surface area contributed by atoms with Crippen LogP contribution in [0.5, 0.6) is 0 Å². The van der Waals surface area contributed by atoms with E-state index in [2.05, 4.69) is 29.8 Å². The first-order valence-electron chi connectivity index (χ1n) is 3.94. The molecule has 3 heteroatoms. The summed E-state index contributed by atoms with van der Waals surface area (Å²) in [4.78, 5) is 9.72. The quantitative estimate of drug-likeness (QED) is 0.419. The predicted octanol–water partition coefficient (Wildman–Crippen LogP) is 1.81. The molecule has 0 fully saturated rings. The number of benzene rings is 1. The Morgan fingerprint density at radius 1 is 1.42 bits per heavy atom. The van der Waals surface area contributed by atoms with Crippen molar-refractivity contribution in [2.75, 3.05) is 6.54 Å². The zero-order valence-electron chi connectivity index (χ0n) is 7.08. The minimum Gasteiger partial charge on any atom is -0.273 e. The summed E-state index contributed by atoms with van der Waals surface area (Å²) in [6, 6.07) is 8.12. The number of hydrogen-bond donors (Lipinski definition) is 1. The summed E-state index contributed by atoms with van der Waals surface area (Å²) in [6.45, 7) is 2.66. The number of nitroso groups, excluding NO2 is 1. The molecule has 0 aliphatic heterocycles. The van der Waals surface area contributed by atoms with E-state index in [0.29, 0.717) is 6.54 Å². The van der Waals surface area contributed by atoms with Crippen LogP contribution in [0.4, 0.5) is 0 Å². The van der Waals surface area contributed by atoms with E-state index in [1.807, 2.05) is 12.1 Å². The fourth-order valence-electron chi connectivity index (χ4n) is 1.13. The van der Waals surface area contributed by atoms with Crippen LogP contribution in [0.25, 0.3) is 0 Å². The largest absolute Gasteiger partial charge is 0.273 e. The Bertz CT molecular complexity index is 260. The maximum absolute atomic E-state index is 9.72. The van der Waals surface area contributed by atoms with Gasteiger partial charge in [0.1, 0.15) is 0 Å². The second-order valence-corrected chi connectivity index (χ2v) is 2.68. The van der Waals surface area contributed by atoms with Gasteiger partial charge in [0.2, 0.25) is 0 Å². The van der Waals surface area contributed by atoms with E-state index in [1.54, 1.807) is 0 Å². The molecule has 0 unspecified atom stereocenters. The van der Waals surface area contributed by atoms with E-state index in [4.69, 9.17) is 0 Å². The second-order valence-electron chi connectivity index (χ2n) is 2.68. The third kappa shape index (κ3) is 2.34. The second kappa shape index (κ2) is 4.49. The average molecular weight is 164 g/mol. The van der Waals surface area contributed by atoms with Crippen LogP contribution in [0, 0.1) is 11.8 Å². The van der Waals surface area contributed by atoms with Crippen molar-refractivity contribution in [2.45, 2.75) is 13.3 Å². The molecule has 0 saturated heterocycles. The van der Waals surface area contributed by atoms with Crippen LogP contribution in [0.1, 0.15) is 11.1 Å². The van der Waals surface area contributed by atoms with Gasteiger partial charge in [0, 0.05) is 11.8 Å². The van der Waals surface area contributed by atoms with E-state index in [-0.39, 0.29) is 0 Å². The molecule has 12 heavy (non-hydrogen) atoms. The molecule has 0 saturated carbocycles. The van der Waals surface area contributed by atoms with E-state index in [9.17, 15) is 4.91 Å². The van der Waals surface area contributed by atoms with Crippen molar-refractivity contribution in [1.82, 2.24) is 5.43 Å². The fourth-order valence-corrected chi connectivity index (χ4v) is 1.13. The third-order valence-electron chi connectivity index (χ3n) is 1.83. The Hall–Kier alpha value is -1.38. The molecular formula is C9H12N2O. The summed E-state index contributed by atoms with van der Waals surface area (Å²) in [5.41, 5.74) is 4.91. The van der Waals surface area contributed by atoms with Gasteiger partial charge < -0.3 is 0 Å². The molecule has 1 aromatic rings. The van der Waals surface area contributed by atoms with E-state index in [1.165, 1.54) is 11.1 Å². The predicted molar refractivity (Wildman–Crippen MR) is 48.7 cm³/mol. The topological polar surface area (TPSA) is 41.5 Å². The highest BCUT2D eigenvalue weighted by atomic mass is 16.3. The lowest BCUT2D eigenvalue weighted by atomic mass is 10.1. The number of aryl methyl sites for hydroxylation is 1. The molecule has 0 amide bonds. The van der Waals surface area contributed by atoms with E-state index < -0.39 is 0 Å². The molecule has 0 radical (unpaired) electrons. The van der Waals surface area contributed by atoms with Gasteiger partial charge in [-0.05, 0) is 24.5 Å². The van der Waals surface area contributed by atoms with Crippen LogP contribution < -0.4 is 5.43 Å². The molecule has 0 atom stereocenters. The van der Waals surface area contributed by atoms with Crippen molar-refractivity contribution in [3.05, 3.63) is 40.3 Å². The highest BCUT2D eigenvalue weighted by Gasteiger charge is 1.94. The molecular weight excluding hydrogens is 152 g/mol. The van der Waals surface area contributed by atoms with Gasteiger partial charge >= 0.3 is 0 Å². The monoisotopic (exact) mass is 164 g/mol. The van der Waals surface area contributed by atoms with Crippen LogP contribution >= 0.6 is 0 Å². The molecule has 1 N–H and O–H groups in total. The van der Waals surface area contributed by atoms with E-state index >= 15 is 0 Å². The SMILES string of the molecule is Cc1ccccc1CCNN=O. The van der Waals surface area contributed by atoms with Gasteiger partial charge in [0.05, 0.1) is 0 Å². The van der Waals surface area contributed by atoms with Gasteiger partial charge in [-0.3, -0.25) is 5.43 Å². The maximum Gasteiger partial charge on any atom is 0.0496 e. The van der Waals surface area contributed by atoms with Crippen LogP contribution in [0.2, 0.25) is 0 Å². The summed E-state index contributed by atoms with van der Waals surface area (Å²) >= 11 is 0. The highest BCUT2D eigenvalue weighted by Crippen LogP contribution is 2.06. The number of nitrogens with zero attached hydrogens (tertiary/aromatic N) is 1. The number of rotatable bonds is 4. The minimum absolute atomic E-state index is 0.606. The number of hydrogen-bond acceptors (Lipinski definition) is 2. The lowest BCUT2D eigenvalue weighted by molar-refractivity contribution is 0.723. The minimum atomic E-state index is 0.606. The van der Waals surface area contributed by atoms with Crippen LogP contribution in [-0.2, 0) is 6.42 Å². The number of nitrogens with one attached hydrogen (secondary N) is 1. The van der Waals surface area contributed by atoms with Crippen LogP contribution in [0.3, 0.4) is 0 Å². The van der Waals surface area contributed by atoms with Gasteiger partial charge in [-0.15, -0.1) is 4.91 Å². The molecule has 0 aliphatic carbocycles. The van der Waals surface area contributed by atoms with E-state index in [0.717, 1.165) is 6.42 Å². The van der Waals surface area contributed by atoms with Gasteiger partial charge in [-0.1, -0.05) is 24.3 Å². The third-order valence-corrected chi connectivity index (χ3v) is 1.83. The Labute approximate surface area is 71.7 Å². The molecule has 0 heterocycles. The van der Waals surface area contributed by atoms with Crippen LogP contribution in [-0.4, -0.2) is 6.54 Å². The van der Waals surface area contributed by atoms with Crippen molar-refractivity contribution in [1.29, 1.82) is 0 Å². The fraction of sp³-hybridized carbons (Fsp3) is 0.333. The van der Waals surface area contributed by atoms with Gasteiger partial charge in [0.15, 0.2) is 0 Å². The molecule has 0 spiro atoms. The molecule has 0 bridgehead atoms. The molecule has 1 aromatic carbocycles. The highest BCUT2D eigenvalue weighted by molar-refractivity contribution is 5.25. The summed E-state index contributed by atoms with van der Waals surface area (Å²) in [5, 5.41) is 2.58. The first kappa shape index (κ1) is 8.71. The van der Waals surface area contributed by atoms with Gasteiger partial charge in [0.25, 0.3) is 0 Å².